The van der Waals surface area contributed by atoms with Crippen molar-refractivity contribution in [1.29, 1.82) is 0 Å². The number of hydrogen-bond donors (Lipinski definition) is 1. The van der Waals surface area contributed by atoms with Crippen LogP contribution in [0.25, 0.3) is 0 Å². The second-order valence-corrected chi connectivity index (χ2v) is 4.62. The quantitative estimate of drug-likeness (QED) is 0.745. The summed E-state index contributed by atoms with van der Waals surface area (Å²) in [6.45, 7) is 3.85. The molecular formula is C15H23NO3. The molecular weight excluding hydrogens is 242 g/mol. The second kappa shape index (κ2) is 8.53. The molecule has 0 spiro atoms. The minimum atomic E-state index is -0.755. The predicted molar refractivity (Wildman–Crippen MR) is 75.7 cm³/mol. The molecule has 4 heteroatoms. The first kappa shape index (κ1) is 15.5. The molecule has 1 aromatic carbocycles. The van der Waals surface area contributed by atoms with Gasteiger partial charge in [0.1, 0.15) is 5.75 Å². The third-order valence-electron chi connectivity index (χ3n) is 2.97. The summed E-state index contributed by atoms with van der Waals surface area (Å²) in [5, 5.41) is 8.84. The maximum atomic E-state index is 10.7. The summed E-state index contributed by atoms with van der Waals surface area (Å²) in [6, 6.07) is 8.01. The monoisotopic (exact) mass is 265 g/mol. The maximum absolute atomic E-state index is 10.7. The lowest BCUT2D eigenvalue weighted by Crippen LogP contribution is -2.31. The molecule has 19 heavy (non-hydrogen) atoms. The first-order valence-corrected chi connectivity index (χ1v) is 6.72. The van der Waals surface area contributed by atoms with Crippen molar-refractivity contribution in [3.63, 3.8) is 0 Å². The van der Waals surface area contributed by atoms with Crippen LogP contribution in [0.1, 0.15) is 25.3 Å². The normalized spacial score (nSPS) is 10.7. The number of aryl methyl sites for hydroxylation is 1. The molecule has 0 aliphatic rings. The van der Waals surface area contributed by atoms with Gasteiger partial charge in [0.15, 0.2) is 0 Å². The van der Waals surface area contributed by atoms with Crippen molar-refractivity contribution in [3.8, 4) is 5.75 Å². The summed E-state index contributed by atoms with van der Waals surface area (Å²) in [6.07, 6.45) is 2.88. The fraction of sp³-hybridized carbons (Fsp3) is 0.533. The summed E-state index contributed by atoms with van der Waals surface area (Å²) in [5.74, 6) is 0.114. The van der Waals surface area contributed by atoms with Gasteiger partial charge in [-0.1, -0.05) is 19.1 Å². The number of nitrogens with zero attached hydrogens (tertiary/aromatic N) is 1. The molecule has 0 aliphatic carbocycles. The summed E-state index contributed by atoms with van der Waals surface area (Å²) in [7, 11) is 1.66. The Labute approximate surface area is 115 Å². The fourth-order valence-corrected chi connectivity index (χ4v) is 2.11. The summed E-state index contributed by atoms with van der Waals surface area (Å²) < 4.78 is 5.19. The van der Waals surface area contributed by atoms with Gasteiger partial charge >= 0.3 is 5.97 Å². The highest BCUT2D eigenvalue weighted by Crippen LogP contribution is 2.14. The number of ether oxygens (including phenoxy) is 1. The van der Waals surface area contributed by atoms with Crippen LogP contribution >= 0.6 is 0 Å². The molecule has 4 nitrogen and oxygen atoms in total. The minimum Gasteiger partial charge on any atom is -0.497 e. The van der Waals surface area contributed by atoms with Crippen LogP contribution in [-0.4, -0.2) is 42.7 Å². The van der Waals surface area contributed by atoms with Crippen molar-refractivity contribution in [1.82, 2.24) is 4.90 Å². The van der Waals surface area contributed by atoms with E-state index in [2.05, 4.69) is 13.0 Å². The van der Waals surface area contributed by atoms with Crippen LogP contribution in [0.4, 0.5) is 0 Å². The van der Waals surface area contributed by atoms with Gasteiger partial charge in [-0.25, -0.2) is 0 Å². The zero-order valence-electron chi connectivity index (χ0n) is 11.8. The molecule has 106 valence electrons. The predicted octanol–water partition coefficient (Wildman–Crippen LogP) is 2.42. The number of methoxy groups -OCH3 is 1. The van der Waals surface area contributed by atoms with E-state index in [1.807, 2.05) is 23.1 Å². The molecule has 1 N–H and O–H groups in total. The molecule has 0 atom stereocenters. The van der Waals surface area contributed by atoms with Crippen LogP contribution in [0, 0.1) is 0 Å². The number of aliphatic carboxylic acids is 1. The lowest BCUT2D eigenvalue weighted by molar-refractivity contribution is -0.138. The zero-order chi connectivity index (χ0) is 14.1. The minimum absolute atomic E-state index is 0.131. The van der Waals surface area contributed by atoms with E-state index in [1.54, 1.807) is 7.11 Å². The highest BCUT2D eigenvalue weighted by molar-refractivity contribution is 5.69. The molecule has 1 aromatic rings. The third kappa shape index (κ3) is 6.25. The van der Waals surface area contributed by atoms with E-state index >= 15 is 0 Å². The van der Waals surface area contributed by atoms with Crippen LogP contribution in [0.2, 0.25) is 0 Å². The van der Waals surface area contributed by atoms with Gasteiger partial charge in [-0.3, -0.25) is 9.69 Å². The molecule has 1 rings (SSSR count). The summed E-state index contributed by atoms with van der Waals surface area (Å²) in [4.78, 5) is 12.7. The molecule has 0 aliphatic heterocycles. The van der Waals surface area contributed by atoms with Crippen molar-refractivity contribution in [3.05, 3.63) is 29.8 Å². The largest absolute Gasteiger partial charge is 0.497 e. The Morgan fingerprint density at radius 3 is 2.79 bits per heavy atom. The topological polar surface area (TPSA) is 49.8 Å². The van der Waals surface area contributed by atoms with Gasteiger partial charge in [0.05, 0.1) is 13.7 Å². The van der Waals surface area contributed by atoms with Crippen molar-refractivity contribution >= 4 is 5.97 Å². The highest BCUT2D eigenvalue weighted by atomic mass is 16.5. The van der Waals surface area contributed by atoms with Gasteiger partial charge in [0.2, 0.25) is 0 Å². The maximum Gasteiger partial charge on any atom is 0.317 e. The van der Waals surface area contributed by atoms with Gasteiger partial charge in [0.25, 0.3) is 0 Å². The molecule has 0 aromatic heterocycles. The van der Waals surface area contributed by atoms with E-state index in [0.717, 1.165) is 38.1 Å². The van der Waals surface area contributed by atoms with Crippen molar-refractivity contribution < 1.29 is 14.6 Å². The first-order valence-electron chi connectivity index (χ1n) is 6.72. The average molecular weight is 265 g/mol. The van der Waals surface area contributed by atoms with Crippen LogP contribution in [0.15, 0.2) is 24.3 Å². The Kier molecular flexibility index (Phi) is 6.97. The molecule has 0 fully saturated rings. The van der Waals surface area contributed by atoms with Crippen LogP contribution in [0.5, 0.6) is 5.75 Å². The third-order valence-corrected chi connectivity index (χ3v) is 2.97. The SMILES string of the molecule is CCCN(CCCc1cccc(OC)c1)CC(=O)O. The van der Waals surface area contributed by atoms with E-state index in [9.17, 15) is 4.79 Å². The van der Waals surface area contributed by atoms with Gasteiger partial charge in [-0.2, -0.15) is 0 Å². The van der Waals surface area contributed by atoms with Gasteiger partial charge < -0.3 is 9.84 Å². The lowest BCUT2D eigenvalue weighted by atomic mass is 10.1. The van der Waals surface area contributed by atoms with Crippen LogP contribution in [0.3, 0.4) is 0 Å². The molecule has 0 heterocycles. The zero-order valence-corrected chi connectivity index (χ0v) is 11.8. The van der Waals surface area contributed by atoms with Gasteiger partial charge in [-0.05, 0) is 50.0 Å². The van der Waals surface area contributed by atoms with Crippen LogP contribution in [-0.2, 0) is 11.2 Å². The number of carboxylic acids is 1. The smallest absolute Gasteiger partial charge is 0.317 e. The molecule has 0 bridgehead atoms. The number of hydrogen-bond acceptors (Lipinski definition) is 3. The fourth-order valence-electron chi connectivity index (χ4n) is 2.11. The van der Waals surface area contributed by atoms with Crippen molar-refractivity contribution in [2.24, 2.45) is 0 Å². The van der Waals surface area contributed by atoms with E-state index in [-0.39, 0.29) is 6.54 Å². The molecule has 0 saturated heterocycles. The molecule has 0 radical (unpaired) electrons. The van der Waals surface area contributed by atoms with E-state index in [4.69, 9.17) is 9.84 Å². The lowest BCUT2D eigenvalue weighted by Gasteiger charge is -2.19. The number of rotatable bonds is 9. The van der Waals surface area contributed by atoms with Crippen LogP contribution < -0.4 is 4.74 Å². The first-order chi connectivity index (χ1) is 9.15. The van der Waals surface area contributed by atoms with Crippen molar-refractivity contribution in [2.75, 3.05) is 26.7 Å². The Hall–Kier alpha value is -1.55. The Morgan fingerprint density at radius 1 is 1.37 bits per heavy atom. The van der Waals surface area contributed by atoms with Gasteiger partial charge in [-0.15, -0.1) is 0 Å². The molecule has 0 amide bonds. The second-order valence-electron chi connectivity index (χ2n) is 4.62. The average Bonchev–Trinajstić information content (AvgIpc) is 2.38. The van der Waals surface area contributed by atoms with E-state index < -0.39 is 5.97 Å². The number of carbonyl (C=O) groups is 1. The molecule has 0 saturated carbocycles. The van der Waals surface area contributed by atoms with Gasteiger partial charge in [0, 0.05) is 0 Å². The van der Waals surface area contributed by atoms with E-state index in [0.29, 0.717) is 0 Å². The standard InChI is InChI=1S/C15H23NO3/c1-3-9-16(12-15(17)18)10-5-7-13-6-4-8-14(11-13)19-2/h4,6,8,11H,3,5,7,9-10,12H2,1-2H3,(H,17,18). The molecule has 0 unspecified atom stereocenters. The summed E-state index contributed by atoms with van der Waals surface area (Å²) >= 11 is 0. The number of benzene rings is 1. The highest BCUT2D eigenvalue weighted by Gasteiger charge is 2.08. The van der Waals surface area contributed by atoms with E-state index in [1.165, 1.54) is 5.56 Å². The Bertz CT molecular complexity index is 393. The van der Waals surface area contributed by atoms with Crippen molar-refractivity contribution in [2.45, 2.75) is 26.2 Å². The Morgan fingerprint density at radius 2 is 2.16 bits per heavy atom. The summed E-state index contributed by atoms with van der Waals surface area (Å²) in [5.41, 5.74) is 1.23. The number of carboxylic acid groups (broad SMARTS) is 1. The Balaban J connectivity index is 2.39.